The number of nitro groups is 1. The van der Waals surface area contributed by atoms with Crippen LogP contribution in [0.15, 0.2) is 71.6 Å². The molecule has 3 rings (SSSR count). The Morgan fingerprint density at radius 1 is 0.821 bits per heavy atom. The van der Waals surface area contributed by atoms with Gasteiger partial charge in [-0.3, -0.25) is 10.1 Å². The first-order valence-electron chi connectivity index (χ1n) is 8.23. The zero-order valence-corrected chi connectivity index (χ0v) is 16.0. The predicted molar refractivity (Wildman–Crippen MR) is 104 cm³/mol. The lowest BCUT2D eigenvalue weighted by atomic mass is 10.2. The number of benzene rings is 3. The Morgan fingerprint density at radius 2 is 1.32 bits per heavy atom. The fourth-order valence-electron chi connectivity index (χ4n) is 2.40. The molecule has 0 aliphatic rings. The Balaban J connectivity index is 1.80. The van der Waals surface area contributed by atoms with Gasteiger partial charge in [0, 0.05) is 12.3 Å². The molecule has 0 amide bonds. The molecule has 7 nitrogen and oxygen atoms in total. The molecular formula is C20H17NO6S. The molecule has 0 aromatic heterocycles. The lowest BCUT2D eigenvalue weighted by molar-refractivity contribution is -0.385. The second-order valence-electron chi connectivity index (χ2n) is 6.15. The minimum absolute atomic E-state index is 0.0513. The summed E-state index contributed by atoms with van der Waals surface area (Å²) in [6.45, 7) is 1.98. The highest BCUT2D eigenvalue weighted by Crippen LogP contribution is 2.34. The number of hydrogen-bond donors (Lipinski definition) is 0. The smallest absolute Gasteiger partial charge is 0.312 e. The van der Waals surface area contributed by atoms with E-state index in [0.29, 0.717) is 17.2 Å². The number of rotatable bonds is 6. The fraction of sp³-hybridized carbons (Fsp3) is 0.100. The summed E-state index contributed by atoms with van der Waals surface area (Å²) in [6, 6.07) is 17.7. The van der Waals surface area contributed by atoms with Gasteiger partial charge in [0.1, 0.15) is 17.2 Å². The molecule has 0 unspecified atom stereocenters. The summed E-state index contributed by atoms with van der Waals surface area (Å²) in [6.07, 6.45) is 0.985. The zero-order valence-electron chi connectivity index (χ0n) is 15.2. The number of aryl methyl sites for hydroxylation is 1. The lowest BCUT2D eigenvalue weighted by Gasteiger charge is -2.09. The second kappa shape index (κ2) is 7.69. The van der Waals surface area contributed by atoms with Gasteiger partial charge in [0.05, 0.1) is 9.82 Å². The van der Waals surface area contributed by atoms with Crippen LogP contribution in [-0.2, 0) is 9.84 Å². The Labute approximate surface area is 162 Å². The van der Waals surface area contributed by atoms with Crippen molar-refractivity contribution in [1.29, 1.82) is 0 Å². The third kappa shape index (κ3) is 4.66. The average Bonchev–Trinajstić information content (AvgIpc) is 2.64. The molecule has 0 bridgehead atoms. The summed E-state index contributed by atoms with van der Waals surface area (Å²) < 4.78 is 34.5. The van der Waals surface area contributed by atoms with Crippen molar-refractivity contribution in [2.45, 2.75) is 11.8 Å². The van der Waals surface area contributed by atoms with E-state index in [0.717, 1.165) is 17.9 Å². The van der Waals surface area contributed by atoms with E-state index in [9.17, 15) is 18.5 Å². The van der Waals surface area contributed by atoms with Gasteiger partial charge in [-0.05, 0) is 55.5 Å². The fourth-order valence-corrected chi connectivity index (χ4v) is 3.04. The first-order valence-corrected chi connectivity index (χ1v) is 10.1. The van der Waals surface area contributed by atoms with E-state index in [1.54, 1.807) is 24.3 Å². The van der Waals surface area contributed by atoms with E-state index in [1.807, 2.05) is 31.2 Å². The number of ether oxygens (including phenoxy) is 2. The van der Waals surface area contributed by atoms with Crippen LogP contribution in [0.2, 0.25) is 0 Å². The maximum Gasteiger partial charge on any atom is 0.312 e. The first-order chi connectivity index (χ1) is 13.2. The van der Waals surface area contributed by atoms with Gasteiger partial charge in [0.25, 0.3) is 0 Å². The summed E-state index contributed by atoms with van der Waals surface area (Å²) in [4.78, 5) is 10.5. The van der Waals surface area contributed by atoms with Crippen LogP contribution >= 0.6 is 0 Å². The lowest BCUT2D eigenvalue weighted by Crippen LogP contribution is -2.00. The maximum atomic E-state index is 11.6. The summed E-state index contributed by atoms with van der Waals surface area (Å²) in [5, 5.41) is 11.3. The Bertz CT molecular complexity index is 1110. The summed E-state index contributed by atoms with van der Waals surface area (Å²) in [7, 11) is -3.56. The molecule has 0 aliphatic heterocycles. The van der Waals surface area contributed by atoms with Crippen LogP contribution in [0.3, 0.4) is 0 Å². The Kier molecular flexibility index (Phi) is 5.32. The van der Waals surface area contributed by atoms with Crippen molar-refractivity contribution in [3.05, 3.63) is 82.4 Å². The van der Waals surface area contributed by atoms with E-state index in [2.05, 4.69) is 0 Å². The van der Waals surface area contributed by atoms with Crippen molar-refractivity contribution in [2.24, 2.45) is 0 Å². The largest absolute Gasteiger partial charge is 0.457 e. The van der Waals surface area contributed by atoms with Gasteiger partial charge in [-0.2, -0.15) is 0 Å². The van der Waals surface area contributed by atoms with Crippen LogP contribution in [-0.4, -0.2) is 19.6 Å². The van der Waals surface area contributed by atoms with Crippen LogP contribution in [0.1, 0.15) is 5.56 Å². The number of sulfone groups is 1. The van der Waals surface area contributed by atoms with Gasteiger partial charge in [-0.25, -0.2) is 8.42 Å². The van der Waals surface area contributed by atoms with Crippen molar-refractivity contribution >= 4 is 15.5 Å². The SMILES string of the molecule is Cc1ccc(Oc2ccc(Oc3ccc(S(C)(=O)=O)cc3[N+](=O)[O-])cc2)cc1. The molecule has 0 atom stereocenters. The van der Waals surface area contributed by atoms with Crippen molar-refractivity contribution in [3.63, 3.8) is 0 Å². The van der Waals surface area contributed by atoms with Crippen molar-refractivity contribution in [1.82, 2.24) is 0 Å². The number of nitrogens with zero attached hydrogens (tertiary/aromatic N) is 1. The standard InChI is InChI=1S/C20H17NO6S/c1-14-3-5-15(6-4-14)26-16-7-9-17(10-8-16)27-20-12-11-18(28(2,24)25)13-19(20)21(22)23/h3-13H,1-2H3. The number of nitro benzene ring substituents is 1. The highest BCUT2D eigenvalue weighted by Gasteiger charge is 2.20. The average molecular weight is 399 g/mol. The molecule has 0 N–H and O–H groups in total. The monoisotopic (exact) mass is 399 g/mol. The molecule has 144 valence electrons. The summed E-state index contributed by atoms with van der Waals surface area (Å²) in [5.74, 6) is 1.57. The highest BCUT2D eigenvalue weighted by molar-refractivity contribution is 7.90. The third-order valence-corrected chi connectivity index (χ3v) is 4.97. The molecule has 0 spiro atoms. The summed E-state index contributed by atoms with van der Waals surface area (Å²) in [5.41, 5.74) is 0.697. The van der Waals surface area contributed by atoms with Crippen molar-refractivity contribution in [2.75, 3.05) is 6.26 Å². The van der Waals surface area contributed by atoms with Crippen molar-refractivity contribution < 1.29 is 22.8 Å². The van der Waals surface area contributed by atoms with E-state index in [1.165, 1.54) is 12.1 Å². The van der Waals surface area contributed by atoms with E-state index in [4.69, 9.17) is 9.47 Å². The van der Waals surface area contributed by atoms with Crippen molar-refractivity contribution in [3.8, 4) is 23.0 Å². The van der Waals surface area contributed by atoms with Crippen LogP contribution in [0, 0.1) is 17.0 Å². The molecule has 3 aromatic carbocycles. The molecule has 28 heavy (non-hydrogen) atoms. The molecule has 8 heteroatoms. The van der Waals surface area contributed by atoms with E-state index in [-0.39, 0.29) is 10.6 Å². The highest BCUT2D eigenvalue weighted by atomic mass is 32.2. The van der Waals surface area contributed by atoms with Gasteiger partial charge in [0.15, 0.2) is 9.84 Å². The second-order valence-corrected chi connectivity index (χ2v) is 8.16. The molecule has 0 fully saturated rings. The van der Waals surface area contributed by atoms with Crippen LogP contribution in [0.25, 0.3) is 0 Å². The molecule has 0 saturated heterocycles. The number of hydrogen-bond acceptors (Lipinski definition) is 6. The molecular weight excluding hydrogens is 382 g/mol. The maximum absolute atomic E-state index is 11.6. The van der Waals surface area contributed by atoms with Crippen LogP contribution in [0.5, 0.6) is 23.0 Å². The minimum atomic E-state index is -3.56. The van der Waals surface area contributed by atoms with Crippen LogP contribution in [0.4, 0.5) is 5.69 Å². The first kappa shape index (κ1) is 19.4. The normalized spacial score (nSPS) is 11.1. The van der Waals surface area contributed by atoms with Gasteiger partial charge in [-0.1, -0.05) is 17.7 Å². The van der Waals surface area contributed by atoms with Gasteiger partial charge in [0.2, 0.25) is 5.75 Å². The van der Waals surface area contributed by atoms with Crippen LogP contribution < -0.4 is 9.47 Å². The predicted octanol–water partition coefficient (Wildman–Crippen LogP) is 4.89. The van der Waals surface area contributed by atoms with E-state index >= 15 is 0 Å². The van der Waals surface area contributed by atoms with Gasteiger partial charge >= 0.3 is 5.69 Å². The van der Waals surface area contributed by atoms with Gasteiger partial charge in [-0.15, -0.1) is 0 Å². The van der Waals surface area contributed by atoms with E-state index < -0.39 is 20.4 Å². The zero-order chi connectivity index (χ0) is 20.3. The quantitative estimate of drug-likeness (QED) is 0.432. The molecule has 0 aliphatic carbocycles. The Hall–Kier alpha value is -3.39. The summed E-state index contributed by atoms with van der Waals surface area (Å²) >= 11 is 0. The third-order valence-electron chi connectivity index (χ3n) is 3.86. The van der Waals surface area contributed by atoms with Gasteiger partial charge < -0.3 is 9.47 Å². The topological polar surface area (TPSA) is 95.7 Å². The molecule has 0 heterocycles. The Morgan fingerprint density at radius 3 is 1.82 bits per heavy atom. The molecule has 0 radical (unpaired) electrons. The molecule has 3 aromatic rings. The molecule has 0 saturated carbocycles. The minimum Gasteiger partial charge on any atom is -0.457 e.